The SMILES string of the molecule is Cc1c(C(=O)NC2CC(C)(C)[NH2+]C(C)(C)C2)cccc1[N+](=O)[O-]. The average molecular weight is 320 g/mol. The summed E-state index contributed by atoms with van der Waals surface area (Å²) in [5.41, 5.74) is 0.880. The third-order valence-electron chi connectivity index (χ3n) is 4.41. The maximum Gasteiger partial charge on any atom is 0.273 e. The first kappa shape index (κ1) is 17.4. The number of amides is 1. The lowest BCUT2D eigenvalue weighted by Crippen LogP contribution is -3.06. The molecule has 0 atom stereocenters. The van der Waals surface area contributed by atoms with Gasteiger partial charge >= 0.3 is 0 Å². The molecule has 1 amide bonds. The van der Waals surface area contributed by atoms with E-state index in [1.54, 1.807) is 19.1 Å². The second kappa shape index (κ2) is 5.92. The van der Waals surface area contributed by atoms with E-state index in [0.29, 0.717) is 11.1 Å². The van der Waals surface area contributed by atoms with Crippen molar-refractivity contribution < 1.29 is 15.0 Å². The summed E-state index contributed by atoms with van der Waals surface area (Å²) in [6.45, 7) is 10.3. The van der Waals surface area contributed by atoms with Crippen molar-refractivity contribution in [2.45, 2.75) is 64.6 Å². The van der Waals surface area contributed by atoms with E-state index >= 15 is 0 Å². The summed E-state index contributed by atoms with van der Waals surface area (Å²) in [5, 5.41) is 16.4. The van der Waals surface area contributed by atoms with E-state index in [0.717, 1.165) is 12.8 Å². The molecule has 0 aliphatic carbocycles. The molecule has 23 heavy (non-hydrogen) atoms. The highest BCUT2D eigenvalue weighted by Crippen LogP contribution is 2.24. The smallest absolute Gasteiger partial charge is 0.273 e. The molecule has 2 rings (SSSR count). The molecule has 1 heterocycles. The van der Waals surface area contributed by atoms with Gasteiger partial charge in [-0.15, -0.1) is 0 Å². The van der Waals surface area contributed by atoms with Crippen LogP contribution in [0, 0.1) is 17.0 Å². The van der Waals surface area contributed by atoms with Crippen molar-refractivity contribution in [3.8, 4) is 0 Å². The maximum atomic E-state index is 12.6. The van der Waals surface area contributed by atoms with Gasteiger partial charge in [0, 0.05) is 36.1 Å². The minimum absolute atomic E-state index is 0.0183. The molecule has 1 aliphatic heterocycles. The van der Waals surface area contributed by atoms with Crippen LogP contribution in [0.15, 0.2) is 18.2 Å². The molecule has 0 aromatic heterocycles. The van der Waals surface area contributed by atoms with E-state index in [2.05, 4.69) is 38.3 Å². The Kier molecular flexibility index (Phi) is 4.48. The molecule has 0 spiro atoms. The molecule has 0 bridgehead atoms. The first-order valence-corrected chi connectivity index (χ1v) is 7.93. The molecule has 1 saturated heterocycles. The van der Waals surface area contributed by atoms with E-state index < -0.39 is 4.92 Å². The van der Waals surface area contributed by atoms with Crippen molar-refractivity contribution in [2.24, 2.45) is 0 Å². The van der Waals surface area contributed by atoms with Crippen LogP contribution in [-0.2, 0) is 0 Å². The second-order valence-corrected chi connectivity index (χ2v) is 7.91. The van der Waals surface area contributed by atoms with Gasteiger partial charge in [0.1, 0.15) is 0 Å². The van der Waals surface area contributed by atoms with Gasteiger partial charge < -0.3 is 10.6 Å². The van der Waals surface area contributed by atoms with E-state index in [-0.39, 0.29) is 28.7 Å². The normalized spacial score (nSPS) is 20.0. The molecule has 0 unspecified atom stereocenters. The average Bonchev–Trinajstić information content (AvgIpc) is 2.34. The number of carbonyl (C=O) groups is 1. The van der Waals surface area contributed by atoms with Gasteiger partial charge in [-0.1, -0.05) is 6.07 Å². The van der Waals surface area contributed by atoms with Crippen molar-refractivity contribution in [1.82, 2.24) is 5.32 Å². The Morgan fingerprint density at radius 2 is 1.83 bits per heavy atom. The number of nitro groups is 1. The molecular formula is C17H26N3O3+. The van der Waals surface area contributed by atoms with Crippen LogP contribution >= 0.6 is 0 Å². The Morgan fingerprint density at radius 1 is 1.26 bits per heavy atom. The number of nitrogens with zero attached hydrogens (tertiary/aromatic N) is 1. The minimum Gasteiger partial charge on any atom is -0.349 e. The van der Waals surface area contributed by atoms with Gasteiger partial charge in [-0.2, -0.15) is 0 Å². The fourth-order valence-corrected chi connectivity index (χ4v) is 3.95. The van der Waals surface area contributed by atoms with Crippen LogP contribution in [0.1, 0.15) is 56.5 Å². The van der Waals surface area contributed by atoms with Crippen LogP contribution in [0.25, 0.3) is 0 Å². The quantitative estimate of drug-likeness (QED) is 0.658. The zero-order valence-electron chi connectivity index (χ0n) is 14.5. The van der Waals surface area contributed by atoms with Crippen LogP contribution in [0.4, 0.5) is 5.69 Å². The predicted octanol–water partition coefficient (Wildman–Crippen LogP) is 1.92. The van der Waals surface area contributed by atoms with Crippen molar-refractivity contribution in [2.75, 3.05) is 0 Å². The molecule has 3 N–H and O–H groups in total. The largest absolute Gasteiger partial charge is 0.349 e. The highest BCUT2D eigenvalue weighted by atomic mass is 16.6. The summed E-state index contributed by atoms with van der Waals surface area (Å²) < 4.78 is 0. The van der Waals surface area contributed by atoms with Gasteiger partial charge in [0.15, 0.2) is 0 Å². The zero-order valence-corrected chi connectivity index (χ0v) is 14.5. The Balaban J connectivity index is 2.19. The minimum atomic E-state index is -0.450. The molecule has 1 aromatic carbocycles. The predicted molar refractivity (Wildman–Crippen MR) is 88.4 cm³/mol. The van der Waals surface area contributed by atoms with Crippen LogP contribution in [0.2, 0.25) is 0 Å². The number of benzene rings is 1. The maximum absolute atomic E-state index is 12.6. The van der Waals surface area contributed by atoms with Crippen molar-refractivity contribution >= 4 is 11.6 Å². The van der Waals surface area contributed by atoms with Crippen LogP contribution < -0.4 is 10.6 Å². The molecule has 6 nitrogen and oxygen atoms in total. The standard InChI is InChI=1S/C17H25N3O3/c1-11-13(7-6-8-14(11)20(22)23)15(21)18-12-9-16(2,3)19-17(4,5)10-12/h6-8,12,19H,9-10H2,1-5H3,(H,18,21)/p+1. The number of quaternary nitrogens is 1. The molecule has 126 valence electrons. The summed E-state index contributed by atoms with van der Waals surface area (Å²) in [6, 6.07) is 4.69. The molecule has 1 aromatic rings. The van der Waals surface area contributed by atoms with E-state index in [4.69, 9.17) is 0 Å². The number of carbonyl (C=O) groups excluding carboxylic acids is 1. The first-order chi connectivity index (χ1) is 10.5. The number of piperidine rings is 1. The fourth-order valence-electron chi connectivity index (χ4n) is 3.95. The van der Waals surface area contributed by atoms with Crippen molar-refractivity contribution in [3.63, 3.8) is 0 Å². The molecule has 1 aliphatic rings. The first-order valence-electron chi connectivity index (χ1n) is 7.93. The van der Waals surface area contributed by atoms with Gasteiger partial charge in [0.25, 0.3) is 11.6 Å². The number of nitrogens with two attached hydrogens (primary N) is 1. The summed E-state index contributed by atoms with van der Waals surface area (Å²) in [5.74, 6) is -0.232. The third kappa shape index (κ3) is 4.07. The van der Waals surface area contributed by atoms with Crippen molar-refractivity contribution in [3.05, 3.63) is 39.4 Å². The monoisotopic (exact) mass is 320 g/mol. The molecule has 1 fully saturated rings. The van der Waals surface area contributed by atoms with E-state index in [1.165, 1.54) is 6.07 Å². The Morgan fingerprint density at radius 3 is 2.35 bits per heavy atom. The fraction of sp³-hybridized carbons (Fsp3) is 0.588. The number of nitrogens with one attached hydrogen (secondary N) is 1. The molecule has 0 radical (unpaired) electrons. The number of hydrogen-bond donors (Lipinski definition) is 2. The lowest BCUT2D eigenvalue weighted by atomic mass is 9.79. The molecular weight excluding hydrogens is 294 g/mol. The molecule has 6 heteroatoms. The van der Waals surface area contributed by atoms with Gasteiger partial charge in [0.2, 0.25) is 0 Å². The zero-order chi connectivity index (χ0) is 17.4. The van der Waals surface area contributed by atoms with Crippen LogP contribution in [0.5, 0.6) is 0 Å². The summed E-state index contributed by atoms with van der Waals surface area (Å²) in [7, 11) is 0. The van der Waals surface area contributed by atoms with Crippen molar-refractivity contribution in [1.29, 1.82) is 0 Å². The van der Waals surface area contributed by atoms with Gasteiger partial charge in [-0.3, -0.25) is 14.9 Å². The number of hydrogen-bond acceptors (Lipinski definition) is 3. The topological polar surface area (TPSA) is 88.8 Å². The van der Waals surface area contributed by atoms with E-state index in [9.17, 15) is 14.9 Å². The molecule has 0 saturated carbocycles. The van der Waals surface area contributed by atoms with Gasteiger partial charge in [-0.25, -0.2) is 0 Å². The lowest BCUT2D eigenvalue weighted by molar-refractivity contribution is -0.787. The Labute approximate surface area is 136 Å². The third-order valence-corrected chi connectivity index (χ3v) is 4.41. The van der Waals surface area contributed by atoms with E-state index in [1.807, 2.05) is 0 Å². The van der Waals surface area contributed by atoms with Gasteiger partial charge in [-0.05, 0) is 40.7 Å². The Bertz CT molecular complexity index is 622. The van der Waals surface area contributed by atoms with Crippen LogP contribution in [0.3, 0.4) is 0 Å². The highest BCUT2D eigenvalue weighted by Gasteiger charge is 2.42. The number of nitro benzene ring substituents is 1. The Hall–Kier alpha value is -1.95. The summed E-state index contributed by atoms with van der Waals surface area (Å²) >= 11 is 0. The second-order valence-electron chi connectivity index (χ2n) is 7.91. The lowest BCUT2D eigenvalue weighted by Gasteiger charge is -2.43. The van der Waals surface area contributed by atoms with Crippen LogP contribution in [-0.4, -0.2) is 28.0 Å². The summed E-state index contributed by atoms with van der Waals surface area (Å²) in [6.07, 6.45) is 1.74. The highest BCUT2D eigenvalue weighted by molar-refractivity contribution is 5.96. The summed E-state index contributed by atoms with van der Waals surface area (Å²) in [4.78, 5) is 23.2. The van der Waals surface area contributed by atoms with Gasteiger partial charge in [0.05, 0.1) is 16.0 Å². The number of rotatable bonds is 3.